The topological polar surface area (TPSA) is 105 Å². The van der Waals surface area contributed by atoms with Gasteiger partial charge in [-0.3, -0.25) is 0 Å². The molecule has 5 rings (SSSR count). The highest BCUT2D eigenvalue weighted by atomic mass is 32.2. The van der Waals surface area contributed by atoms with Gasteiger partial charge in [-0.1, -0.05) is 12.8 Å². The molecule has 1 saturated heterocycles. The molecule has 2 aromatic rings. The largest absolute Gasteiger partial charge is 0.490 e. The molecular weight excluding hydrogens is 523 g/mol. The van der Waals surface area contributed by atoms with Crippen LogP contribution < -0.4 is 14.8 Å². The SMILES string of the molecule is CS(=O)(=O)C1CCC(Oc2cc(NC(=O)N3CC[C@@]4(O)CCCC[C@H]4C3)cc(Oc3ccc(F)cc3)c2)CC1. The Bertz CT molecular complexity index is 1280. The van der Waals surface area contributed by atoms with Gasteiger partial charge in [-0.15, -0.1) is 0 Å². The Morgan fingerprint density at radius 2 is 1.72 bits per heavy atom. The highest BCUT2D eigenvalue weighted by Crippen LogP contribution is 2.40. The standard InChI is InChI=1S/C29H37FN2O6S/c1-39(35,36)27-11-9-24(10-12-27)38-26-17-22(16-25(18-26)37-23-7-5-21(30)6-8-23)31-28(33)32-15-14-29(34)13-3-2-4-20(29)19-32/h5-8,16-18,20,24,27,34H,2-4,9-15,19H2,1H3,(H,31,33)/t20-,24?,27?,29-/m0/s1. The number of anilines is 1. The number of amides is 2. The number of likely N-dealkylation sites (tertiary alicyclic amines) is 1. The lowest BCUT2D eigenvalue weighted by atomic mass is 9.71. The minimum absolute atomic E-state index is 0.0832. The molecule has 8 nitrogen and oxygen atoms in total. The summed E-state index contributed by atoms with van der Waals surface area (Å²) in [4.78, 5) is 15.0. The molecule has 3 aliphatic rings. The molecule has 1 aliphatic heterocycles. The molecule has 2 N–H and O–H groups in total. The van der Waals surface area contributed by atoms with Crippen molar-refractivity contribution in [2.75, 3.05) is 24.7 Å². The number of ether oxygens (including phenoxy) is 2. The molecule has 2 amide bonds. The molecular formula is C29H37FN2O6S. The number of sulfone groups is 1. The van der Waals surface area contributed by atoms with Crippen molar-refractivity contribution >= 4 is 21.6 Å². The second-order valence-corrected chi connectivity index (χ2v) is 13.6. The maximum absolute atomic E-state index is 13.4. The van der Waals surface area contributed by atoms with Crippen LogP contribution in [-0.4, -0.2) is 60.8 Å². The molecule has 2 aliphatic carbocycles. The number of hydrogen-bond acceptors (Lipinski definition) is 6. The number of fused-ring (bicyclic) bond motifs is 1. The molecule has 0 bridgehead atoms. The number of piperidine rings is 1. The van der Waals surface area contributed by atoms with Gasteiger partial charge < -0.3 is 24.8 Å². The van der Waals surface area contributed by atoms with E-state index < -0.39 is 15.4 Å². The summed E-state index contributed by atoms with van der Waals surface area (Å²) in [5.41, 5.74) is -0.182. The van der Waals surface area contributed by atoms with Gasteiger partial charge in [-0.05, 0) is 69.2 Å². The third-order valence-electron chi connectivity index (χ3n) is 8.42. The summed E-state index contributed by atoms with van der Waals surface area (Å²) in [5, 5.41) is 13.6. The molecule has 10 heteroatoms. The molecule has 39 heavy (non-hydrogen) atoms. The van der Waals surface area contributed by atoms with Crippen molar-refractivity contribution < 1.29 is 32.2 Å². The number of carbonyl (C=O) groups excluding carboxylic acids is 1. The first kappa shape index (κ1) is 27.7. The minimum Gasteiger partial charge on any atom is -0.490 e. The number of aliphatic hydroxyl groups is 1. The van der Waals surface area contributed by atoms with Gasteiger partial charge in [0.15, 0.2) is 0 Å². The van der Waals surface area contributed by atoms with Crippen molar-refractivity contribution in [2.45, 2.75) is 74.7 Å². The van der Waals surface area contributed by atoms with Crippen LogP contribution in [0.15, 0.2) is 42.5 Å². The molecule has 0 radical (unpaired) electrons. The molecule has 2 atom stereocenters. The summed E-state index contributed by atoms with van der Waals surface area (Å²) in [6.07, 6.45) is 7.81. The van der Waals surface area contributed by atoms with E-state index in [0.29, 0.717) is 68.1 Å². The predicted molar refractivity (Wildman–Crippen MR) is 147 cm³/mol. The average molecular weight is 561 g/mol. The monoisotopic (exact) mass is 560 g/mol. The van der Waals surface area contributed by atoms with E-state index in [-0.39, 0.29) is 29.1 Å². The van der Waals surface area contributed by atoms with Crippen LogP contribution in [0, 0.1) is 11.7 Å². The van der Waals surface area contributed by atoms with Gasteiger partial charge in [0.05, 0.1) is 17.0 Å². The van der Waals surface area contributed by atoms with E-state index in [1.54, 1.807) is 23.1 Å². The van der Waals surface area contributed by atoms with Crippen molar-refractivity contribution in [1.29, 1.82) is 0 Å². The Morgan fingerprint density at radius 1 is 1.00 bits per heavy atom. The highest BCUT2D eigenvalue weighted by molar-refractivity contribution is 7.91. The Morgan fingerprint density at radius 3 is 2.44 bits per heavy atom. The number of nitrogens with zero attached hydrogens (tertiary/aromatic N) is 1. The Balaban J connectivity index is 1.31. The zero-order valence-corrected chi connectivity index (χ0v) is 23.1. The van der Waals surface area contributed by atoms with Crippen molar-refractivity contribution in [1.82, 2.24) is 4.90 Å². The average Bonchev–Trinajstić information content (AvgIpc) is 2.89. The van der Waals surface area contributed by atoms with Gasteiger partial charge in [0, 0.05) is 49.1 Å². The van der Waals surface area contributed by atoms with E-state index in [0.717, 1.165) is 25.7 Å². The summed E-state index contributed by atoms with van der Waals surface area (Å²) < 4.78 is 49.4. The molecule has 0 unspecified atom stereocenters. The number of hydrogen-bond donors (Lipinski definition) is 2. The van der Waals surface area contributed by atoms with Crippen LogP contribution in [0.2, 0.25) is 0 Å². The highest BCUT2D eigenvalue weighted by Gasteiger charge is 2.43. The van der Waals surface area contributed by atoms with Gasteiger partial charge in [0.1, 0.15) is 32.9 Å². The second kappa shape index (κ2) is 11.3. The first-order valence-corrected chi connectivity index (χ1v) is 15.8. The van der Waals surface area contributed by atoms with E-state index >= 15 is 0 Å². The number of carbonyl (C=O) groups is 1. The summed E-state index contributed by atoms with van der Waals surface area (Å²) in [6, 6.07) is 10.5. The third-order valence-corrected chi connectivity index (χ3v) is 10.1. The molecule has 2 aromatic carbocycles. The fourth-order valence-corrected chi connectivity index (χ4v) is 7.27. The summed E-state index contributed by atoms with van der Waals surface area (Å²) >= 11 is 0. The van der Waals surface area contributed by atoms with Crippen molar-refractivity contribution in [3.63, 3.8) is 0 Å². The van der Waals surface area contributed by atoms with E-state index in [4.69, 9.17) is 9.47 Å². The van der Waals surface area contributed by atoms with E-state index in [1.165, 1.54) is 30.5 Å². The van der Waals surface area contributed by atoms with Crippen LogP contribution >= 0.6 is 0 Å². The smallest absolute Gasteiger partial charge is 0.321 e. The fourth-order valence-electron chi connectivity index (χ4n) is 6.14. The molecule has 212 valence electrons. The number of urea groups is 1. The van der Waals surface area contributed by atoms with Gasteiger partial charge >= 0.3 is 6.03 Å². The van der Waals surface area contributed by atoms with Gasteiger partial charge in [0.25, 0.3) is 0 Å². The summed E-state index contributed by atoms with van der Waals surface area (Å²) in [6.45, 7) is 0.999. The maximum atomic E-state index is 13.4. The molecule has 0 aromatic heterocycles. The Labute approximate surface area is 229 Å². The zero-order chi connectivity index (χ0) is 27.6. The van der Waals surface area contributed by atoms with Crippen molar-refractivity contribution in [3.8, 4) is 17.2 Å². The van der Waals surface area contributed by atoms with Crippen molar-refractivity contribution in [2.24, 2.45) is 5.92 Å². The van der Waals surface area contributed by atoms with Crippen LogP contribution in [0.25, 0.3) is 0 Å². The first-order valence-electron chi connectivity index (χ1n) is 13.8. The molecule has 3 fully saturated rings. The van der Waals surface area contributed by atoms with Crippen LogP contribution in [0.3, 0.4) is 0 Å². The van der Waals surface area contributed by atoms with Crippen molar-refractivity contribution in [3.05, 3.63) is 48.3 Å². The van der Waals surface area contributed by atoms with E-state index in [9.17, 15) is 22.7 Å². The fraction of sp³-hybridized carbons (Fsp3) is 0.552. The third kappa shape index (κ3) is 6.84. The predicted octanol–water partition coefficient (Wildman–Crippen LogP) is 5.51. The molecule has 2 saturated carbocycles. The van der Waals surface area contributed by atoms with E-state index in [1.807, 2.05) is 0 Å². The molecule has 0 spiro atoms. The Kier molecular flexibility index (Phi) is 8.05. The summed E-state index contributed by atoms with van der Waals surface area (Å²) in [7, 11) is -3.08. The van der Waals surface area contributed by atoms with Crippen LogP contribution in [0.1, 0.15) is 57.8 Å². The number of nitrogens with one attached hydrogen (secondary N) is 1. The van der Waals surface area contributed by atoms with Crippen LogP contribution in [-0.2, 0) is 9.84 Å². The first-order chi connectivity index (χ1) is 18.6. The normalized spacial score (nSPS) is 27.4. The number of rotatable bonds is 6. The van der Waals surface area contributed by atoms with Gasteiger partial charge in [0.2, 0.25) is 0 Å². The van der Waals surface area contributed by atoms with Crippen LogP contribution in [0.5, 0.6) is 17.2 Å². The van der Waals surface area contributed by atoms with Gasteiger partial charge in [-0.25, -0.2) is 17.6 Å². The maximum Gasteiger partial charge on any atom is 0.321 e. The lowest BCUT2D eigenvalue weighted by Crippen LogP contribution is -2.55. The lowest BCUT2D eigenvalue weighted by Gasteiger charge is -2.47. The number of halogens is 1. The Hall–Kier alpha value is -2.85. The lowest BCUT2D eigenvalue weighted by molar-refractivity contribution is -0.0863. The number of benzene rings is 2. The summed E-state index contributed by atoms with van der Waals surface area (Å²) in [5.74, 6) is 1.06. The molecule has 1 heterocycles. The minimum atomic E-state index is -3.08. The van der Waals surface area contributed by atoms with Gasteiger partial charge in [-0.2, -0.15) is 0 Å². The quantitative estimate of drug-likeness (QED) is 0.483. The second-order valence-electron chi connectivity index (χ2n) is 11.3. The van der Waals surface area contributed by atoms with E-state index in [2.05, 4.69) is 5.32 Å². The zero-order valence-electron chi connectivity index (χ0n) is 22.3. The van der Waals surface area contributed by atoms with Crippen LogP contribution in [0.4, 0.5) is 14.9 Å².